The lowest BCUT2D eigenvalue weighted by molar-refractivity contribution is -0.135. The SMILES string of the molecule is CC(C)Cc1ccnc(N(C)CC(=O)O)n1. The number of carboxylic acid groups (broad SMARTS) is 1. The van der Waals surface area contributed by atoms with Crippen LogP contribution in [0.5, 0.6) is 0 Å². The number of hydrogen-bond donors (Lipinski definition) is 1. The van der Waals surface area contributed by atoms with Gasteiger partial charge in [0, 0.05) is 18.9 Å². The Kier molecular flexibility index (Phi) is 4.22. The fourth-order valence-electron chi connectivity index (χ4n) is 1.37. The van der Waals surface area contributed by atoms with Gasteiger partial charge in [-0.1, -0.05) is 13.8 Å². The van der Waals surface area contributed by atoms with E-state index in [1.807, 2.05) is 6.07 Å². The van der Waals surface area contributed by atoms with Crippen LogP contribution in [0.15, 0.2) is 12.3 Å². The van der Waals surface area contributed by atoms with E-state index in [9.17, 15) is 4.79 Å². The number of anilines is 1. The van der Waals surface area contributed by atoms with E-state index in [0.717, 1.165) is 12.1 Å². The molecule has 0 spiro atoms. The van der Waals surface area contributed by atoms with Crippen molar-refractivity contribution in [2.75, 3.05) is 18.5 Å². The number of carbonyl (C=O) groups is 1. The van der Waals surface area contributed by atoms with Crippen LogP contribution in [0.25, 0.3) is 0 Å². The van der Waals surface area contributed by atoms with Gasteiger partial charge in [-0.3, -0.25) is 4.79 Å². The number of rotatable bonds is 5. The predicted molar refractivity (Wildman–Crippen MR) is 61.5 cm³/mol. The molecule has 0 atom stereocenters. The minimum atomic E-state index is -0.889. The molecule has 0 radical (unpaired) electrons. The van der Waals surface area contributed by atoms with Crippen LogP contribution < -0.4 is 4.90 Å². The first-order chi connectivity index (χ1) is 7.49. The molecule has 1 aromatic heterocycles. The summed E-state index contributed by atoms with van der Waals surface area (Å²) in [5.74, 6) is 0.0912. The minimum Gasteiger partial charge on any atom is -0.480 e. The molecule has 0 aliphatic heterocycles. The fourth-order valence-corrected chi connectivity index (χ4v) is 1.37. The van der Waals surface area contributed by atoms with Crippen molar-refractivity contribution >= 4 is 11.9 Å². The Morgan fingerprint density at radius 1 is 1.56 bits per heavy atom. The van der Waals surface area contributed by atoms with Gasteiger partial charge >= 0.3 is 5.97 Å². The third kappa shape index (κ3) is 3.84. The quantitative estimate of drug-likeness (QED) is 0.812. The number of aliphatic carboxylic acids is 1. The van der Waals surface area contributed by atoms with Gasteiger partial charge in [-0.25, -0.2) is 9.97 Å². The first kappa shape index (κ1) is 12.4. The Labute approximate surface area is 95.1 Å². The number of hydrogen-bond acceptors (Lipinski definition) is 4. The number of carboxylic acids is 1. The first-order valence-corrected chi connectivity index (χ1v) is 5.24. The third-order valence-electron chi connectivity index (χ3n) is 2.03. The Balaban J connectivity index is 2.77. The lowest BCUT2D eigenvalue weighted by atomic mass is 10.1. The highest BCUT2D eigenvalue weighted by Gasteiger charge is 2.09. The molecular formula is C11H17N3O2. The van der Waals surface area contributed by atoms with Crippen LogP contribution in [0.4, 0.5) is 5.95 Å². The number of nitrogens with zero attached hydrogens (tertiary/aromatic N) is 3. The van der Waals surface area contributed by atoms with E-state index in [4.69, 9.17) is 5.11 Å². The second-order valence-corrected chi connectivity index (χ2v) is 4.20. The van der Waals surface area contributed by atoms with Crippen LogP contribution in [-0.4, -0.2) is 34.6 Å². The first-order valence-electron chi connectivity index (χ1n) is 5.24. The van der Waals surface area contributed by atoms with Gasteiger partial charge in [0.2, 0.25) is 5.95 Å². The Bertz CT molecular complexity index is 366. The molecule has 16 heavy (non-hydrogen) atoms. The summed E-state index contributed by atoms with van der Waals surface area (Å²) in [6.45, 7) is 4.14. The Morgan fingerprint density at radius 2 is 2.25 bits per heavy atom. The second-order valence-electron chi connectivity index (χ2n) is 4.20. The van der Waals surface area contributed by atoms with Crippen molar-refractivity contribution < 1.29 is 9.90 Å². The maximum atomic E-state index is 10.5. The summed E-state index contributed by atoms with van der Waals surface area (Å²) >= 11 is 0. The molecule has 1 rings (SSSR count). The number of likely N-dealkylation sites (N-methyl/N-ethyl adjacent to an activating group) is 1. The lowest BCUT2D eigenvalue weighted by Gasteiger charge is -2.15. The molecular weight excluding hydrogens is 206 g/mol. The molecule has 1 aromatic rings. The zero-order chi connectivity index (χ0) is 12.1. The van der Waals surface area contributed by atoms with E-state index < -0.39 is 5.97 Å². The van der Waals surface area contributed by atoms with Crippen molar-refractivity contribution in [1.82, 2.24) is 9.97 Å². The molecule has 0 bridgehead atoms. The average Bonchev–Trinajstić information content (AvgIpc) is 2.16. The van der Waals surface area contributed by atoms with E-state index in [1.165, 1.54) is 4.90 Å². The summed E-state index contributed by atoms with van der Waals surface area (Å²) in [6, 6.07) is 1.86. The van der Waals surface area contributed by atoms with Crippen LogP contribution in [-0.2, 0) is 11.2 Å². The standard InChI is InChI=1S/C11H17N3O2/c1-8(2)6-9-4-5-12-11(13-9)14(3)7-10(15)16/h4-5,8H,6-7H2,1-3H3,(H,15,16). The van der Waals surface area contributed by atoms with Gasteiger partial charge in [0.25, 0.3) is 0 Å². The summed E-state index contributed by atoms with van der Waals surface area (Å²) < 4.78 is 0. The van der Waals surface area contributed by atoms with Crippen molar-refractivity contribution in [3.8, 4) is 0 Å². The normalized spacial score (nSPS) is 10.5. The van der Waals surface area contributed by atoms with E-state index in [1.54, 1.807) is 13.2 Å². The molecule has 0 amide bonds. The van der Waals surface area contributed by atoms with Gasteiger partial charge < -0.3 is 10.0 Å². The molecule has 88 valence electrons. The molecule has 0 aliphatic carbocycles. The van der Waals surface area contributed by atoms with Gasteiger partial charge in [0.05, 0.1) is 0 Å². The van der Waals surface area contributed by atoms with E-state index in [2.05, 4.69) is 23.8 Å². The van der Waals surface area contributed by atoms with Crippen LogP contribution in [0.1, 0.15) is 19.5 Å². The van der Waals surface area contributed by atoms with E-state index in [-0.39, 0.29) is 6.54 Å². The van der Waals surface area contributed by atoms with Crippen molar-refractivity contribution in [3.63, 3.8) is 0 Å². The van der Waals surface area contributed by atoms with Gasteiger partial charge in [-0.15, -0.1) is 0 Å². The summed E-state index contributed by atoms with van der Waals surface area (Å²) in [7, 11) is 1.67. The topological polar surface area (TPSA) is 66.3 Å². The van der Waals surface area contributed by atoms with Gasteiger partial charge in [-0.2, -0.15) is 0 Å². The van der Waals surface area contributed by atoms with Crippen molar-refractivity contribution in [1.29, 1.82) is 0 Å². The molecule has 0 aromatic carbocycles. The maximum absolute atomic E-state index is 10.5. The Hall–Kier alpha value is -1.65. The fraction of sp³-hybridized carbons (Fsp3) is 0.545. The molecule has 0 saturated carbocycles. The molecule has 1 N–H and O–H groups in total. The molecule has 0 saturated heterocycles. The van der Waals surface area contributed by atoms with Crippen LogP contribution in [0.3, 0.4) is 0 Å². The average molecular weight is 223 g/mol. The van der Waals surface area contributed by atoms with Crippen molar-refractivity contribution in [2.45, 2.75) is 20.3 Å². The van der Waals surface area contributed by atoms with Crippen LogP contribution >= 0.6 is 0 Å². The van der Waals surface area contributed by atoms with Gasteiger partial charge in [0.1, 0.15) is 6.54 Å². The van der Waals surface area contributed by atoms with Crippen molar-refractivity contribution in [3.05, 3.63) is 18.0 Å². The van der Waals surface area contributed by atoms with Crippen molar-refractivity contribution in [2.24, 2.45) is 5.92 Å². The summed E-state index contributed by atoms with van der Waals surface area (Å²) in [5.41, 5.74) is 0.942. The predicted octanol–water partition coefficient (Wildman–Crippen LogP) is 1.20. The Morgan fingerprint density at radius 3 is 2.81 bits per heavy atom. The number of aromatic nitrogens is 2. The zero-order valence-corrected chi connectivity index (χ0v) is 9.84. The van der Waals surface area contributed by atoms with E-state index >= 15 is 0 Å². The summed E-state index contributed by atoms with van der Waals surface area (Å²) in [4.78, 5) is 20.4. The van der Waals surface area contributed by atoms with Crippen LogP contribution in [0.2, 0.25) is 0 Å². The van der Waals surface area contributed by atoms with Crippen LogP contribution in [0, 0.1) is 5.92 Å². The highest BCUT2D eigenvalue weighted by molar-refractivity contribution is 5.72. The highest BCUT2D eigenvalue weighted by atomic mass is 16.4. The minimum absolute atomic E-state index is 0.0921. The molecule has 0 unspecified atom stereocenters. The highest BCUT2D eigenvalue weighted by Crippen LogP contribution is 2.09. The largest absolute Gasteiger partial charge is 0.480 e. The maximum Gasteiger partial charge on any atom is 0.323 e. The van der Waals surface area contributed by atoms with E-state index in [0.29, 0.717) is 11.9 Å². The smallest absolute Gasteiger partial charge is 0.323 e. The zero-order valence-electron chi connectivity index (χ0n) is 9.84. The summed E-state index contributed by atoms with van der Waals surface area (Å²) in [5, 5.41) is 8.66. The monoisotopic (exact) mass is 223 g/mol. The second kappa shape index (κ2) is 5.44. The van der Waals surface area contributed by atoms with Gasteiger partial charge in [0.15, 0.2) is 0 Å². The molecule has 1 heterocycles. The summed E-state index contributed by atoms with van der Waals surface area (Å²) in [6.07, 6.45) is 2.54. The molecule has 0 fully saturated rings. The molecule has 5 nitrogen and oxygen atoms in total. The van der Waals surface area contributed by atoms with Gasteiger partial charge in [-0.05, 0) is 18.4 Å². The molecule has 5 heteroatoms. The third-order valence-corrected chi connectivity index (χ3v) is 2.03. The molecule has 0 aliphatic rings. The lowest BCUT2D eigenvalue weighted by Crippen LogP contribution is -2.27.